The van der Waals surface area contributed by atoms with E-state index in [0.29, 0.717) is 5.92 Å². The highest BCUT2D eigenvalue weighted by Crippen LogP contribution is 2.35. The van der Waals surface area contributed by atoms with Gasteiger partial charge in [0.1, 0.15) is 4.60 Å². The van der Waals surface area contributed by atoms with E-state index in [-0.39, 0.29) is 0 Å². The molecule has 0 saturated heterocycles. The van der Waals surface area contributed by atoms with Crippen molar-refractivity contribution >= 4 is 27.3 Å². The normalized spacial score (nSPS) is 16.2. The predicted molar refractivity (Wildman–Crippen MR) is 58.8 cm³/mol. The van der Waals surface area contributed by atoms with Gasteiger partial charge in [0.2, 0.25) is 0 Å². The third-order valence-corrected chi connectivity index (χ3v) is 3.76. The molecule has 0 aliphatic carbocycles. The van der Waals surface area contributed by atoms with Crippen LogP contribution < -0.4 is 0 Å². The monoisotopic (exact) mass is 263 g/mol. The van der Waals surface area contributed by atoms with Crippen LogP contribution in [-0.2, 0) is 5.60 Å². The van der Waals surface area contributed by atoms with E-state index in [2.05, 4.69) is 34.8 Å². The first kappa shape index (κ1) is 11.1. The first-order chi connectivity index (χ1) is 5.93. The van der Waals surface area contributed by atoms with E-state index in [0.717, 1.165) is 15.9 Å². The van der Waals surface area contributed by atoms with Crippen LogP contribution in [0.3, 0.4) is 0 Å². The van der Waals surface area contributed by atoms with Gasteiger partial charge >= 0.3 is 0 Å². The van der Waals surface area contributed by atoms with E-state index in [9.17, 15) is 5.11 Å². The van der Waals surface area contributed by atoms with Gasteiger partial charge in [-0.25, -0.2) is 4.98 Å². The van der Waals surface area contributed by atoms with Gasteiger partial charge < -0.3 is 5.11 Å². The second kappa shape index (κ2) is 4.07. The molecule has 1 aromatic heterocycles. The largest absolute Gasteiger partial charge is 0.385 e. The summed E-state index contributed by atoms with van der Waals surface area (Å²) in [4.78, 5) is 4.98. The maximum absolute atomic E-state index is 10.2. The molecule has 1 unspecified atom stereocenters. The second-order valence-corrected chi connectivity index (χ2v) is 5.45. The van der Waals surface area contributed by atoms with Crippen molar-refractivity contribution in [1.82, 2.24) is 4.98 Å². The predicted octanol–water partition coefficient (Wildman–Crippen LogP) is 3.16. The number of nitrogens with zero attached hydrogens (tertiary/aromatic N) is 1. The number of halogens is 1. The molecule has 1 rings (SSSR count). The number of aliphatic hydroxyl groups is 1. The summed E-state index contributed by atoms with van der Waals surface area (Å²) < 4.78 is 0.767. The van der Waals surface area contributed by atoms with Gasteiger partial charge in [-0.1, -0.05) is 13.8 Å². The van der Waals surface area contributed by atoms with E-state index in [4.69, 9.17) is 0 Å². The van der Waals surface area contributed by atoms with E-state index in [1.807, 2.05) is 6.92 Å². The highest BCUT2D eigenvalue weighted by molar-refractivity contribution is 9.10. The molecule has 74 valence electrons. The minimum atomic E-state index is -0.756. The van der Waals surface area contributed by atoms with Crippen LogP contribution in [-0.4, -0.2) is 10.1 Å². The number of hydrogen-bond donors (Lipinski definition) is 1. The van der Waals surface area contributed by atoms with Gasteiger partial charge in [0.05, 0.1) is 16.0 Å². The number of hydrogen-bond acceptors (Lipinski definition) is 3. The summed E-state index contributed by atoms with van der Waals surface area (Å²) in [5, 5.41) is 10.2. The summed E-state index contributed by atoms with van der Waals surface area (Å²) in [7, 11) is 0. The van der Waals surface area contributed by atoms with Crippen molar-refractivity contribution in [2.75, 3.05) is 0 Å². The Balaban J connectivity index is 2.87. The fraction of sp³-hybridized carbons (Fsp3) is 0.667. The molecule has 1 atom stereocenters. The lowest BCUT2D eigenvalue weighted by Crippen LogP contribution is -2.22. The highest BCUT2D eigenvalue weighted by atomic mass is 79.9. The Kier molecular flexibility index (Phi) is 3.49. The molecule has 0 bridgehead atoms. The minimum Gasteiger partial charge on any atom is -0.385 e. The van der Waals surface area contributed by atoms with Crippen molar-refractivity contribution in [2.45, 2.75) is 32.8 Å². The molecule has 0 aliphatic heterocycles. The topological polar surface area (TPSA) is 33.1 Å². The lowest BCUT2D eigenvalue weighted by atomic mass is 9.93. The fourth-order valence-electron chi connectivity index (χ4n) is 1.47. The van der Waals surface area contributed by atoms with Crippen molar-refractivity contribution in [2.24, 2.45) is 5.92 Å². The molecule has 0 aromatic carbocycles. The van der Waals surface area contributed by atoms with E-state index in [1.54, 1.807) is 5.51 Å². The molecule has 2 nitrogen and oxygen atoms in total. The molecule has 0 fully saturated rings. The third-order valence-electron chi connectivity index (χ3n) is 1.82. The third kappa shape index (κ3) is 2.76. The van der Waals surface area contributed by atoms with Gasteiger partial charge in [0.25, 0.3) is 0 Å². The Morgan fingerprint density at radius 1 is 1.69 bits per heavy atom. The van der Waals surface area contributed by atoms with Crippen LogP contribution in [0, 0.1) is 5.92 Å². The van der Waals surface area contributed by atoms with Crippen molar-refractivity contribution in [1.29, 1.82) is 0 Å². The number of thiazole rings is 1. The van der Waals surface area contributed by atoms with Gasteiger partial charge in [0.15, 0.2) is 0 Å². The molecule has 13 heavy (non-hydrogen) atoms. The molecule has 0 aliphatic rings. The molecule has 1 heterocycles. The molecule has 0 spiro atoms. The summed E-state index contributed by atoms with van der Waals surface area (Å²) in [5.74, 6) is 0.476. The van der Waals surface area contributed by atoms with Crippen LogP contribution in [0.5, 0.6) is 0 Å². The Morgan fingerprint density at radius 3 is 2.69 bits per heavy atom. The average molecular weight is 264 g/mol. The van der Waals surface area contributed by atoms with Gasteiger partial charge in [-0.05, 0) is 35.2 Å². The van der Waals surface area contributed by atoms with Crippen molar-refractivity contribution in [3.8, 4) is 0 Å². The Labute approximate surface area is 91.1 Å². The number of rotatable bonds is 3. The Hall–Kier alpha value is 0.0700. The van der Waals surface area contributed by atoms with Crippen LogP contribution in [0.2, 0.25) is 0 Å². The van der Waals surface area contributed by atoms with Gasteiger partial charge in [0, 0.05) is 0 Å². The van der Waals surface area contributed by atoms with Gasteiger partial charge in [-0.2, -0.15) is 0 Å². The Bertz CT molecular complexity index is 283. The molecule has 1 N–H and O–H groups in total. The van der Waals surface area contributed by atoms with E-state index < -0.39 is 5.60 Å². The maximum atomic E-state index is 10.2. The second-order valence-electron chi connectivity index (χ2n) is 3.84. The average Bonchev–Trinajstić information content (AvgIpc) is 2.32. The smallest absolute Gasteiger partial charge is 0.123 e. The SMILES string of the molecule is CC(C)CC(C)(O)c1scnc1Br. The molecular formula is C9H14BrNOS. The maximum Gasteiger partial charge on any atom is 0.123 e. The van der Waals surface area contributed by atoms with Crippen molar-refractivity contribution in [3.05, 3.63) is 15.0 Å². The summed E-state index contributed by atoms with van der Waals surface area (Å²) in [5.41, 5.74) is 0.988. The number of aromatic nitrogens is 1. The lowest BCUT2D eigenvalue weighted by molar-refractivity contribution is 0.0376. The minimum absolute atomic E-state index is 0.476. The van der Waals surface area contributed by atoms with Crippen LogP contribution in [0.15, 0.2) is 10.1 Å². The first-order valence-electron chi connectivity index (χ1n) is 4.25. The Morgan fingerprint density at radius 2 is 2.31 bits per heavy atom. The van der Waals surface area contributed by atoms with Crippen LogP contribution in [0.4, 0.5) is 0 Å². The summed E-state index contributed by atoms with van der Waals surface area (Å²) in [6.45, 7) is 6.04. The van der Waals surface area contributed by atoms with Crippen LogP contribution in [0.1, 0.15) is 32.1 Å². The molecule has 1 aromatic rings. The lowest BCUT2D eigenvalue weighted by Gasteiger charge is -2.23. The molecule has 4 heteroatoms. The zero-order valence-corrected chi connectivity index (χ0v) is 10.4. The van der Waals surface area contributed by atoms with E-state index >= 15 is 0 Å². The van der Waals surface area contributed by atoms with Crippen molar-refractivity contribution < 1.29 is 5.11 Å². The zero-order chi connectivity index (χ0) is 10.1. The molecule has 0 saturated carbocycles. The van der Waals surface area contributed by atoms with Crippen LogP contribution in [0.25, 0.3) is 0 Å². The molecule has 0 radical (unpaired) electrons. The fourth-order valence-corrected chi connectivity index (χ4v) is 3.17. The molecular weight excluding hydrogens is 250 g/mol. The van der Waals surface area contributed by atoms with Crippen molar-refractivity contribution in [3.63, 3.8) is 0 Å². The highest BCUT2D eigenvalue weighted by Gasteiger charge is 2.28. The summed E-state index contributed by atoms with van der Waals surface area (Å²) in [6, 6.07) is 0. The van der Waals surface area contributed by atoms with Gasteiger partial charge in [-0.15, -0.1) is 11.3 Å². The quantitative estimate of drug-likeness (QED) is 0.909. The molecule has 0 amide bonds. The zero-order valence-electron chi connectivity index (χ0n) is 8.04. The first-order valence-corrected chi connectivity index (χ1v) is 5.92. The van der Waals surface area contributed by atoms with Crippen LogP contribution >= 0.6 is 27.3 Å². The summed E-state index contributed by atoms with van der Waals surface area (Å²) in [6.07, 6.45) is 0.758. The van der Waals surface area contributed by atoms with E-state index in [1.165, 1.54) is 11.3 Å². The van der Waals surface area contributed by atoms with Gasteiger partial charge in [-0.3, -0.25) is 0 Å². The summed E-state index contributed by atoms with van der Waals surface area (Å²) >= 11 is 4.82. The standard InChI is InChI=1S/C9H14BrNOS/c1-6(2)4-9(3,12)7-8(10)11-5-13-7/h5-6,12H,4H2,1-3H3.